The number of aryl methyl sites for hydroxylation is 1. The smallest absolute Gasteiger partial charge is 0.330 e. The number of anilines is 1. The van der Waals surface area contributed by atoms with E-state index < -0.39 is 5.56 Å². The van der Waals surface area contributed by atoms with Crippen LogP contribution in [0.2, 0.25) is 0 Å². The quantitative estimate of drug-likeness (QED) is 0.788. The Morgan fingerprint density at radius 3 is 2.80 bits per heavy atom. The molecule has 1 fully saturated rings. The van der Waals surface area contributed by atoms with Crippen LogP contribution in [0.5, 0.6) is 0 Å². The molecule has 0 amide bonds. The van der Waals surface area contributed by atoms with Crippen LogP contribution in [0.3, 0.4) is 0 Å². The van der Waals surface area contributed by atoms with E-state index in [0.29, 0.717) is 19.2 Å². The van der Waals surface area contributed by atoms with Crippen molar-refractivity contribution in [3.8, 4) is 0 Å². The second-order valence-corrected chi connectivity index (χ2v) is 5.48. The van der Waals surface area contributed by atoms with Gasteiger partial charge >= 0.3 is 5.69 Å². The Bertz CT molecular complexity index is 556. The van der Waals surface area contributed by atoms with Crippen LogP contribution in [0.25, 0.3) is 0 Å². The standard InChI is InChI=1S/C13H22N4O3/c1-9(2)16-4-5-20-10(6-16)7-17-12(18)11(14)8-15(3)13(17)19/h8-10H,4-7,14H2,1-3H3. The topological polar surface area (TPSA) is 82.5 Å². The van der Waals surface area contributed by atoms with Gasteiger partial charge in [0.2, 0.25) is 0 Å². The highest BCUT2D eigenvalue weighted by molar-refractivity contribution is 5.30. The molecule has 0 saturated carbocycles. The summed E-state index contributed by atoms with van der Waals surface area (Å²) in [5, 5.41) is 0. The molecule has 1 aromatic rings. The van der Waals surface area contributed by atoms with Gasteiger partial charge in [0.05, 0.1) is 19.3 Å². The lowest BCUT2D eigenvalue weighted by Crippen LogP contribution is -2.50. The summed E-state index contributed by atoms with van der Waals surface area (Å²) < 4.78 is 8.14. The summed E-state index contributed by atoms with van der Waals surface area (Å²) >= 11 is 0. The molecule has 2 rings (SSSR count). The van der Waals surface area contributed by atoms with Crippen molar-refractivity contribution in [3.63, 3.8) is 0 Å². The van der Waals surface area contributed by atoms with E-state index in [1.807, 2.05) is 0 Å². The van der Waals surface area contributed by atoms with Crippen molar-refractivity contribution in [3.05, 3.63) is 27.0 Å². The molecule has 112 valence electrons. The van der Waals surface area contributed by atoms with Gasteiger partial charge in [-0.05, 0) is 13.8 Å². The summed E-state index contributed by atoms with van der Waals surface area (Å²) in [6, 6.07) is 0.418. The molecule has 0 bridgehead atoms. The monoisotopic (exact) mass is 282 g/mol. The van der Waals surface area contributed by atoms with E-state index in [1.54, 1.807) is 7.05 Å². The molecule has 1 saturated heterocycles. The van der Waals surface area contributed by atoms with Crippen LogP contribution in [-0.4, -0.2) is 45.9 Å². The van der Waals surface area contributed by atoms with Gasteiger partial charge < -0.3 is 15.0 Å². The van der Waals surface area contributed by atoms with Gasteiger partial charge in [0, 0.05) is 32.4 Å². The number of ether oxygens (including phenoxy) is 1. The van der Waals surface area contributed by atoms with E-state index in [-0.39, 0.29) is 24.0 Å². The zero-order valence-electron chi connectivity index (χ0n) is 12.2. The van der Waals surface area contributed by atoms with Gasteiger partial charge in [0.1, 0.15) is 5.69 Å². The molecule has 0 radical (unpaired) electrons. The van der Waals surface area contributed by atoms with Crippen molar-refractivity contribution in [2.24, 2.45) is 7.05 Å². The number of hydrogen-bond acceptors (Lipinski definition) is 5. The molecule has 1 aliphatic rings. The highest BCUT2D eigenvalue weighted by Crippen LogP contribution is 2.09. The Morgan fingerprint density at radius 1 is 1.45 bits per heavy atom. The molecule has 0 aromatic carbocycles. The van der Waals surface area contributed by atoms with Crippen LogP contribution < -0.4 is 17.0 Å². The summed E-state index contributed by atoms with van der Waals surface area (Å²) in [7, 11) is 1.58. The van der Waals surface area contributed by atoms with E-state index >= 15 is 0 Å². The first-order chi connectivity index (χ1) is 9.40. The van der Waals surface area contributed by atoms with Gasteiger partial charge in [0.15, 0.2) is 0 Å². The van der Waals surface area contributed by atoms with Crippen molar-refractivity contribution >= 4 is 5.69 Å². The maximum absolute atomic E-state index is 12.0. The van der Waals surface area contributed by atoms with Gasteiger partial charge in [-0.25, -0.2) is 4.79 Å². The van der Waals surface area contributed by atoms with Crippen molar-refractivity contribution in [1.82, 2.24) is 14.0 Å². The van der Waals surface area contributed by atoms with Crippen LogP contribution in [0.15, 0.2) is 15.8 Å². The van der Waals surface area contributed by atoms with E-state index in [0.717, 1.165) is 11.1 Å². The van der Waals surface area contributed by atoms with E-state index in [9.17, 15) is 9.59 Å². The lowest BCUT2D eigenvalue weighted by molar-refractivity contribution is -0.0465. The van der Waals surface area contributed by atoms with E-state index in [2.05, 4.69) is 18.7 Å². The summed E-state index contributed by atoms with van der Waals surface area (Å²) in [4.78, 5) is 26.3. The minimum absolute atomic E-state index is 0.0728. The number of nitrogen functional groups attached to an aromatic ring is 1. The minimum Gasteiger partial charge on any atom is -0.393 e. The van der Waals surface area contributed by atoms with Crippen molar-refractivity contribution in [2.75, 3.05) is 25.4 Å². The summed E-state index contributed by atoms with van der Waals surface area (Å²) in [5.74, 6) is 0. The number of hydrogen-bond donors (Lipinski definition) is 1. The van der Waals surface area contributed by atoms with Crippen LogP contribution in [0.1, 0.15) is 13.8 Å². The number of morpholine rings is 1. The van der Waals surface area contributed by atoms with Gasteiger partial charge in [-0.15, -0.1) is 0 Å². The Hall–Kier alpha value is -1.60. The Balaban J connectivity index is 2.22. The van der Waals surface area contributed by atoms with E-state index in [1.165, 1.54) is 10.8 Å². The molecule has 20 heavy (non-hydrogen) atoms. The Morgan fingerprint density at radius 2 is 2.15 bits per heavy atom. The molecule has 7 heteroatoms. The first-order valence-electron chi connectivity index (χ1n) is 6.81. The lowest BCUT2D eigenvalue weighted by Gasteiger charge is -2.35. The molecule has 1 aliphatic heterocycles. The van der Waals surface area contributed by atoms with Gasteiger partial charge in [-0.2, -0.15) is 0 Å². The molecule has 7 nitrogen and oxygen atoms in total. The first kappa shape index (κ1) is 14.8. The third-order valence-corrected chi connectivity index (χ3v) is 3.64. The lowest BCUT2D eigenvalue weighted by atomic mass is 10.2. The molecule has 0 spiro atoms. The van der Waals surface area contributed by atoms with Crippen molar-refractivity contribution in [2.45, 2.75) is 32.5 Å². The fourth-order valence-electron chi connectivity index (χ4n) is 2.44. The predicted molar refractivity (Wildman–Crippen MR) is 76.8 cm³/mol. The summed E-state index contributed by atoms with van der Waals surface area (Å²) in [6.07, 6.45) is 1.18. The molecule has 1 unspecified atom stereocenters. The number of nitrogens with two attached hydrogens (primary N) is 1. The zero-order chi connectivity index (χ0) is 14.9. The SMILES string of the molecule is CC(C)N1CCOC(Cn2c(=O)c(N)cn(C)c2=O)C1. The average molecular weight is 282 g/mol. The minimum atomic E-state index is -0.446. The van der Waals surface area contributed by atoms with Crippen LogP contribution in [-0.2, 0) is 18.3 Å². The van der Waals surface area contributed by atoms with Gasteiger partial charge in [-0.3, -0.25) is 14.3 Å². The first-order valence-corrected chi connectivity index (χ1v) is 6.81. The Kier molecular flexibility index (Phi) is 4.29. The van der Waals surface area contributed by atoms with E-state index in [4.69, 9.17) is 10.5 Å². The largest absolute Gasteiger partial charge is 0.393 e. The average Bonchev–Trinajstić information content (AvgIpc) is 2.42. The second-order valence-electron chi connectivity index (χ2n) is 5.48. The summed E-state index contributed by atoms with van der Waals surface area (Å²) in [5.41, 5.74) is 4.89. The number of rotatable bonds is 3. The fraction of sp³-hybridized carbons (Fsp3) is 0.692. The molecule has 2 heterocycles. The molecule has 1 aromatic heterocycles. The van der Waals surface area contributed by atoms with Crippen LogP contribution in [0, 0.1) is 0 Å². The third kappa shape index (κ3) is 2.94. The molecule has 1 atom stereocenters. The highest BCUT2D eigenvalue weighted by atomic mass is 16.5. The molecular weight excluding hydrogens is 260 g/mol. The maximum Gasteiger partial charge on any atom is 0.330 e. The molecule has 2 N–H and O–H groups in total. The fourth-order valence-corrected chi connectivity index (χ4v) is 2.44. The maximum atomic E-state index is 12.0. The Labute approximate surface area is 117 Å². The summed E-state index contributed by atoms with van der Waals surface area (Å²) in [6.45, 7) is 6.67. The molecular formula is C13H22N4O3. The van der Waals surface area contributed by atoms with Gasteiger partial charge in [0.25, 0.3) is 5.56 Å². The molecule has 0 aliphatic carbocycles. The second kappa shape index (κ2) is 5.80. The van der Waals surface area contributed by atoms with Gasteiger partial charge in [-0.1, -0.05) is 0 Å². The van der Waals surface area contributed by atoms with Crippen LogP contribution in [0.4, 0.5) is 5.69 Å². The van der Waals surface area contributed by atoms with Crippen LogP contribution >= 0.6 is 0 Å². The normalized spacial score (nSPS) is 20.5. The predicted octanol–water partition coefficient (Wildman–Crippen LogP) is -0.762. The number of aromatic nitrogens is 2. The third-order valence-electron chi connectivity index (χ3n) is 3.64. The van der Waals surface area contributed by atoms with Crippen molar-refractivity contribution in [1.29, 1.82) is 0 Å². The van der Waals surface area contributed by atoms with Crippen molar-refractivity contribution < 1.29 is 4.74 Å². The zero-order valence-corrected chi connectivity index (χ0v) is 12.2. The highest BCUT2D eigenvalue weighted by Gasteiger charge is 2.24. The number of nitrogens with zero attached hydrogens (tertiary/aromatic N) is 3.